The molecule has 2 rings (SSSR count). The van der Waals surface area contributed by atoms with Crippen LogP contribution in [0.25, 0.3) is 0 Å². The standard InChI is InChI=1S/C18H27Cl2N/c1-11(2)15-7-5-12(3)9-18(15)21-13(4)16-10-14(19)6-8-17(16)20/h6,8,10-13,15,18,21H,5,7,9H2,1-4H3. The summed E-state index contributed by atoms with van der Waals surface area (Å²) in [6.07, 6.45) is 3.94. The number of halogens is 2. The van der Waals surface area contributed by atoms with Gasteiger partial charge in [0.15, 0.2) is 0 Å². The van der Waals surface area contributed by atoms with E-state index in [4.69, 9.17) is 23.2 Å². The van der Waals surface area contributed by atoms with Crippen molar-refractivity contribution >= 4 is 23.2 Å². The molecule has 1 aromatic carbocycles. The summed E-state index contributed by atoms with van der Waals surface area (Å²) in [6.45, 7) is 9.23. The smallest absolute Gasteiger partial charge is 0.0454 e. The van der Waals surface area contributed by atoms with Gasteiger partial charge in [-0.2, -0.15) is 0 Å². The number of nitrogens with one attached hydrogen (secondary N) is 1. The number of benzene rings is 1. The Labute approximate surface area is 139 Å². The lowest BCUT2D eigenvalue weighted by molar-refractivity contribution is 0.161. The summed E-state index contributed by atoms with van der Waals surface area (Å²) < 4.78 is 0. The predicted molar refractivity (Wildman–Crippen MR) is 93.1 cm³/mol. The van der Waals surface area contributed by atoms with Gasteiger partial charge in [-0.15, -0.1) is 0 Å². The van der Waals surface area contributed by atoms with Crippen LogP contribution < -0.4 is 5.32 Å². The van der Waals surface area contributed by atoms with E-state index in [9.17, 15) is 0 Å². The Bertz CT molecular complexity index is 472. The first-order valence-corrected chi connectivity index (χ1v) is 8.85. The van der Waals surface area contributed by atoms with Crippen LogP contribution in [0, 0.1) is 17.8 Å². The molecule has 0 amide bonds. The zero-order chi connectivity index (χ0) is 15.6. The average molecular weight is 328 g/mol. The first-order valence-electron chi connectivity index (χ1n) is 8.09. The molecule has 1 saturated carbocycles. The van der Waals surface area contributed by atoms with E-state index in [1.165, 1.54) is 19.3 Å². The molecule has 1 fully saturated rings. The summed E-state index contributed by atoms with van der Waals surface area (Å²) in [5.74, 6) is 2.28. The molecule has 0 bridgehead atoms. The van der Waals surface area contributed by atoms with Crippen LogP contribution in [0.3, 0.4) is 0 Å². The molecule has 4 unspecified atom stereocenters. The molecule has 1 aliphatic rings. The molecule has 1 nitrogen and oxygen atoms in total. The quantitative estimate of drug-likeness (QED) is 0.703. The Balaban J connectivity index is 2.12. The van der Waals surface area contributed by atoms with Crippen molar-refractivity contribution < 1.29 is 0 Å². The summed E-state index contributed by atoms with van der Waals surface area (Å²) >= 11 is 12.5. The Morgan fingerprint density at radius 3 is 2.52 bits per heavy atom. The number of hydrogen-bond acceptors (Lipinski definition) is 1. The van der Waals surface area contributed by atoms with Crippen molar-refractivity contribution in [3.63, 3.8) is 0 Å². The molecule has 1 aliphatic carbocycles. The first kappa shape index (κ1) is 17.1. The largest absolute Gasteiger partial charge is 0.307 e. The monoisotopic (exact) mass is 327 g/mol. The molecule has 21 heavy (non-hydrogen) atoms. The van der Waals surface area contributed by atoms with Gasteiger partial charge in [-0.05, 0) is 61.3 Å². The highest BCUT2D eigenvalue weighted by Crippen LogP contribution is 2.35. The van der Waals surface area contributed by atoms with Gasteiger partial charge in [0.1, 0.15) is 0 Å². The van der Waals surface area contributed by atoms with Gasteiger partial charge in [0.25, 0.3) is 0 Å². The van der Waals surface area contributed by atoms with Gasteiger partial charge in [-0.1, -0.05) is 50.4 Å². The van der Waals surface area contributed by atoms with Crippen molar-refractivity contribution in [2.24, 2.45) is 17.8 Å². The summed E-state index contributed by atoms with van der Waals surface area (Å²) in [5.41, 5.74) is 1.10. The van der Waals surface area contributed by atoms with E-state index >= 15 is 0 Å². The van der Waals surface area contributed by atoms with E-state index in [0.29, 0.717) is 6.04 Å². The second-order valence-corrected chi connectivity index (χ2v) is 7.83. The van der Waals surface area contributed by atoms with Crippen molar-refractivity contribution in [3.05, 3.63) is 33.8 Å². The summed E-state index contributed by atoms with van der Waals surface area (Å²) in [6, 6.07) is 6.52. The molecule has 0 spiro atoms. The lowest BCUT2D eigenvalue weighted by atomic mass is 9.73. The molecule has 0 aliphatic heterocycles. The van der Waals surface area contributed by atoms with Gasteiger partial charge in [-0.3, -0.25) is 0 Å². The molecule has 1 aromatic rings. The van der Waals surface area contributed by atoms with Crippen LogP contribution in [-0.2, 0) is 0 Å². The number of hydrogen-bond donors (Lipinski definition) is 1. The Kier molecular flexibility index (Phi) is 5.99. The van der Waals surface area contributed by atoms with Gasteiger partial charge >= 0.3 is 0 Å². The molecular weight excluding hydrogens is 301 g/mol. The fourth-order valence-electron chi connectivity index (χ4n) is 3.65. The molecule has 118 valence electrons. The summed E-state index contributed by atoms with van der Waals surface area (Å²) in [5, 5.41) is 5.37. The van der Waals surface area contributed by atoms with E-state index in [1.54, 1.807) is 0 Å². The molecule has 3 heteroatoms. The van der Waals surface area contributed by atoms with Crippen LogP contribution in [0.2, 0.25) is 10.0 Å². The molecule has 1 N–H and O–H groups in total. The molecule has 0 aromatic heterocycles. The van der Waals surface area contributed by atoms with Gasteiger partial charge in [0, 0.05) is 22.1 Å². The highest BCUT2D eigenvalue weighted by molar-refractivity contribution is 6.33. The Morgan fingerprint density at radius 1 is 1.14 bits per heavy atom. The molecule has 0 radical (unpaired) electrons. The third-order valence-corrected chi connectivity index (χ3v) is 5.49. The molecule has 4 atom stereocenters. The third-order valence-electron chi connectivity index (χ3n) is 4.91. The summed E-state index contributed by atoms with van der Waals surface area (Å²) in [7, 11) is 0. The zero-order valence-corrected chi connectivity index (χ0v) is 15.0. The Morgan fingerprint density at radius 2 is 1.86 bits per heavy atom. The topological polar surface area (TPSA) is 12.0 Å². The Hall–Kier alpha value is -0.240. The fraction of sp³-hybridized carbons (Fsp3) is 0.667. The summed E-state index contributed by atoms with van der Waals surface area (Å²) in [4.78, 5) is 0. The van der Waals surface area contributed by atoms with Crippen molar-refractivity contribution in [1.29, 1.82) is 0 Å². The SMILES string of the molecule is CC1CCC(C(C)C)C(NC(C)c2cc(Cl)ccc2Cl)C1. The van der Waals surface area contributed by atoms with Gasteiger partial charge < -0.3 is 5.32 Å². The van der Waals surface area contributed by atoms with Crippen molar-refractivity contribution in [3.8, 4) is 0 Å². The maximum atomic E-state index is 6.34. The molecule has 0 saturated heterocycles. The zero-order valence-electron chi connectivity index (χ0n) is 13.5. The van der Waals surface area contributed by atoms with Crippen LogP contribution in [0.4, 0.5) is 0 Å². The van der Waals surface area contributed by atoms with Crippen molar-refractivity contribution in [1.82, 2.24) is 5.32 Å². The van der Waals surface area contributed by atoms with E-state index in [-0.39, 0.29) is 6.04 Å². The maximum Gasteiger partial charge on any atom is 0.0454 e. The molecule has 0 heterocycles. The third kappa shape index (κ3) is 4.37. The van der Waals surface area contributed by atoms with E-state index in [0.717, 1.165) is 33.4 Å². The minimum atomic E-state index is 0.229. The van der Waals surface area contributed by atoms with E-state index in [2.05, 4.69) is 33.0 Å². The van der Waals surface area contributed by atoms with Crippen LogP contribution >= 0.6 is 23.2 Å². The van der Waals surface area contributed by atoms with Crippen molar-refractivity contribution in [2.45, 2.75) is 59.0 Å². The lowest BCUT2D eigenvalue weighted by Crippen LogP contribution is -2.43. The average Bonchev–Trinajstić information content (AvgIpc) is 2.41. The van der Waals surface area contributed by atoms with Crippen LogP contribution in [0.5, 0.6) is 0 Å². The lowest BCUT2D eigenvalue weighted by Gasteiger charge is -2.39. The van der Waals surface area contributed by atoms with E-state index in [1.807, 2.05) is 18.2 Å². The van der Waals surface area contributed by atoms with Crippen LogP contribution in [-0.4, -0.2) is 6.04 Å². The van der Waals surface area contributed by atoms with Crippen molar-refractivity contribution in [2.75, 3.05) is 0 Å². The second kappa shape index (κ2) is 7.35. The van der Waals surface area contributed by atoms with Crippen LogP contribution in [0.15, 0.2) is 18.2 Å². The molecular formula is C18H27Cl2N. The van der Waals surface area contributed by atoms with Gasteiger partial charge in [0.05, 0.1) is 0 Å². The highest BCUT2D eigenvalue weighted by Gasteiger charge is 2.31. The predicted octanol–water partition coefficient (Wildman–Crippen LogP) is 6.10. The van der Waals surface area contributed by atoms with Gasteiger partial charge in [-0.25, -0.2) is 0 Å². The second-order valence-electron chi connectivity index (χ2n) is 6.99. The van der Waals surface area contributed by atoms with Crippen LogP contribution in [0.1, 0.15) is 58.6 Å². The minimum Gasteiger partial charge on any atom is -0.307 e. The van der Waals surface area contributed by atoms with Gasteiger partial charge in [0.2, 0.25) is 0 Å². The fourth-order valence-corrected chi connectivity index (χ4v) is 4.11. The highest BCUT2D eigenvalue weighted by atomic mass is 35.5. The first-order chi connectivity index (χ1) is 9.88. The minimum absolute atomic E-state index is 0.229. The van der Waals surface area contributed by atoms with E-state index < -0.39 is 0 Å². The maximum absolute atomic E-state index is 6.34. The normalized spacial score (nSPS) is 27.9. The number of rotatable bonds is 4.